The third-order valence-corrected chi connectivity index (χ3v) is 4.25. The van der Waals surface area contributed by atoms with Gasteiger partial charge in [0.05, 0.1) is 24.0 Å². The van der Waals surface area contributed by atoms with Crippen LogP contribution in [0.3, 0.4) is 0 Å². The van der Waals surface area contributed by atoms with E-state index >= 15 is 0 Å². The lowest BCUT2D eigenvalue weighted by molar-refractivity contribution is -0.113. The lowest BCUT2D eigenvalue weighted by Gasteiger charge is -2.05. The molecule has 9 heteroatoms. The van der Waals surface area contributed by atoms with E-state index in [1.165, 1.54) is 19.2 Å². The molecule has 1 heterocycles. The Hall–Kier alpha value is -3.20. The SMILES string of the molecule is COC(=O)c1ccc(NC(=O)CSc2nnc(-c3ccccc3F)o2)cc1. The Bertz CT molecular complexity index is 959. The number of esters is 1. The number of nitrogens with one attached hydrogen (secondary N) is 1. The number of hydrogen-bond acceptors (Lipinski definition) is 7. The number of carbonyl (C=O) groups excluding carboxylic acids is 2. The number of thioether (sulfide) groups is 1. The van der Waals surface area contributed by atoms with Crippen molar-refractivity contribution in [1.82, 2.24) is 10.2 Å². The molecule has 0 fully saturated rings. The van der Waals surface area contributed by atoms with Crippen LogP contribution in [-0.2, 0) is 9.53 Å². The molecule has 0 unspecified atom stereocenters. The molecular formula is C18H14FN3O4S. The predicted octanol–water partition coefficient (Wildman–Crippen LogP) is 3.39. The highest BCUT2D eigenvalue weighted by Gasteiger charge is 2.14. The van der Waals surface area contributed by atoms with Crippen LogP contribution in [0.15, 0.2) is 58.2 Å². The number of amides is 1. The first kappa shape index (κ1) is 18.6. The molecule has 1 aromatic heterocycles. The summed E-state index contributed by atoms with van der Waals surface area (Å²) in [6.45, 7) is 0. The predicted molar refractivity (Wildman–Crippen MR) is 96.8 cm³/mol. The van der Waals surface area contributed by atoms with Gasteiger partial charge in [-0.15, -0.1) is 10.2 Å². The summed E-state index contributed by atoms with van der Waals surface area (Å²) in [5, 5.41) is 10.4. The summed E-state index contributed by atoms with van der Waals surface area (Å²) in [5.74, 6) is -1.14. The highest BCUT2D eigenvalue weighted by Crippen LogP contribution is 2.25. The van der Waals surface area contributed by atoms with Crippen molar-refractivity contribution in [1.29, 1.82) is 0 Å². The van der Waals surface area contributed by atoms with Gasteiger partial charge in [0.1, 0.15) is 5.82 Å². The zero-order valence-electron chi connectivity index (χ0n) is 14.1. The van der Waals surface area contributed by atoms with Crippen LogP contribution in [0.4, 0.5) is 10.1 Å². The first-order valence-corrected chi connectivity index (χ1v) is 8.75. The zero-order valence-corrected chi connectivity index (χ0v) is 15.0. The van der Waals surface area contributed by atoms with Crippen LogP contribution in [0, 0.1) is 5.82 Å². The van der Waals surface area contributed by atoms with E-state index in [0.717, 1.165) is 11.8 Å². The molecule has 0 aliphatic heterocycles. The van der Waals surface area contributed by atoms with E-state index in [1.54, 1.807) is 36.4 Å². The van der Waals surface area contributed by atoms with Crippen molar-refractivity contribution in [3.63, 3.8) is 0 Å². The largest absolute Gasteiger partial charge is 0.465 e. The molecule has 0 saturated heterocycles. The zero-order chi connectivity index (χ0) is 19.2. The summed E-state index contributed by atoms with van der Waals surface area (Å²) in [6.07, 6.45) is 0. The van der Waals surface area contributed by atoms with E-state index in [2.05, 4.69) is 20.3 Å². The van der Waals surface area contributed by atoms with Gasteiger partial charge in [0.25, 0.3) is 11.1 Å². The van der Waals surface area contributed by atoms with Gasteiger partial charge in [-0.2, -0.15) is 0 Å². The van der Waals surface area contributed by atoms with Gasteiger partial charge in [-0.3, -0.25) is 4.79 Å². The number of ether oxygens (including phenoxy) is 1. The molecule has 0 bridgehead atoms. The molecule has 138 valence electrons. The second-order valence-corrected chi connectivity index (χ2v) is 6.19. The minimum Gasteiger partial charge on any atom is -0.465 e. The highest BCUT2D eigenvalue weighted by molar-refractivity contribution is 7.99. The minimum absolute atomic E-state index is 0.0255. The van der Waals surface area contributed by atoms with Crippen molar-refractivity contribution in [2.45, 2.75) is 5.22 Å². The number of hydrogen-bond donors (Lipinski definition) is 1. The fourth-order valence-corrected chi connectivity index (χ4v) is 2.71. The molecule has 3 aromatic rings. The van der Waals surface area contributed by atoms with Gasteiger partial charge in [-0.25, -0.2) is 9.18 Å². The fraction of sp³-hybridized carbons (Fsp3) is 0.111. The standard InChI is InChI=1S/C18H14FN3O4S/c1-25-17(24)11-6-8-12(9-7-11)20-15(23)10-27-18-22-21-16(26-18)13-4-2-3-5-14(13)19/h2-9H,10H2,1H3,(H,20,23). The second kappa shape index (κ2) is 8.45. The number of aromatic nitrogens is 2. The Morgan fingerprint density at radius 1 is 1.15 bits per heavy atom. The summed E-state index contributed by atoms with van der Waals surface area (Å²) >= 11 is 1.03. The molecule has 0 spiro atoms. The molecule has 0 atom stereocenters. The molecule has 27 heavy (non-hydrogen) atoms. The van der Waals surface area contributed by atoms with Crippen molar-refractivity contribution >= 4 is 29.3 Å². The number of halogens is 1. The van der Waals surface area contributed by atoms with Crippen molar-refractivity contribution in [2.24, 2.45) is 0 Å². The average Bonchev–Trinajstić information content (AvgIpc) is 3.15. The first-order valence-electron chi connectivity index (χ1n) is 7.76. The summed E-state index contributed by atoms with van der Waals surface area (Å²) in [6, 6.07) is 12.3. The van der Waals surface area contributed by atoms with Crippen LogP contribution in [0.25, 0.3) is 11.5 Å². The van der Waals surface area contributed by atoms with Crippen molar-refractivity contribution in [3.8, 4) is 11.5 Å². The van der Waals surface area contributed by atoms with Crippen LogP contribution >= 0.6 is 11.8 Å². The molecule has 1 N–H and O–H groups in total. The molecule has 7 nitrogen and oxygen atoms in total. The third kappa shape index (κ3) is 4.70. The summed E-state index contributed by atoms with van der Waals surface area (Å²) in [7, 11) is 1.30. The molecule has 3 rings (SSSR count). The Morgan fingerprint density at radius 3 is 2.59 bits per heavy atom. The Labute approximate surface area is 157 Å². The summed E-state index contributed by atoms with van der Waals surface area (Å²) < 4.78 is 23.7. The van der Waals surface area contributed by atoms with Gasteiger partial charge in [0, 0.05) is 5.69 Å². The maximum atomic E-state index is 13.7. The van der Waals surface area contributed by atoms with E-state index in [4.69, 9.17) is 4.42 Å². The molecule has 0 aliphatic rings. The van der Waals surface area contributed by atoms with Gasteiger partial charge < -0.3 is 14.5 Å². The average molecular weight is 387 g/mol. The maximum absolute atomic E-state index is 13.7. The van der Waals surface area contributed by atoms with Gasteiger partial charge in [0.2, 0.25) is 5.91 Å². The highest BCUT2D eigenvalue weighted by atomic mass is 32.2. The lowest BCUT2D eigenvalue weighted by Crippen LogP contribution is -2.14. The monoisotopic (exact) mass is 387 g/mol. The molecule has 0 radical (unpaired) electrons. The van der Waals surface area contributed by atoms with Crippen LogP contribution in [0.2, 0.25) is 0 Å². The molecule has 2 aromatic carbocycles. The summed E-state index contributed by atoms with van der Waals surface area (Å²) in [4.78, 5) is 23.4. The van der Waals surface area contributed by atoms with Crippen LogP contribution in [0.5, 0.6) is 0 Å². The Kier molecular flexibility index (Phi) is 5.82. The number of carbonyl (C=O) groups is 2. The van der Waals surface area contributed by atoms with Crippen molar-refractivity contribution < 1.29 is 23.1 Å². The number of rotatable bonds is 6. The first-order chi connectivity index (χ1) is 13.1. The summed E-state index contributed by atoms with van der Waals surface area (Å²) in [5.41, 5.74) is 1.12. The van der Waals surface area contributed by atoms with Gasteiger partial charge >= 0.3 is 5.97 Å². The van der Waals surface area contributed by atoms with E-state index < -0.39 is 11.8 Å². The van der Waals surface area contributed by atoms with E-state index in [0.29, 0.717) is 11.3 Å². The normalized spacial score (nSPS) is 10.4. The van der Waals surface area contributed by atoms with E-state index in [9.17, 15) is 14.0 Å². The molecule has 0 saturated carbocycles. The molecule has 0 aliphatic carbocycles. The number of methoxy groups -OCH3 is 1. The fourth-order valence-electron chi connectivity index (χ4n) is 2.14. The third-order valence-electron chi connectivity index (χ3n) is 3.43. The van der Waals surface area contributed by atoms with E-state index in [-0.39, 0.29) is 28.3 Å². The number of nitrogens with zero attached hydrogens (tertiary/aromatic N) is 2. The number of benzene rings is 2. The smallest absolute Gasteiger partial charge is 0.337 e. The Morgan fingerprint density at radius 2 is 1.89 bits per heavy atom. The van der Waals surface area contributed by atoms with Crippen LogP contribution in [0.1, 0.15) is 10.4 Å². The van der Waals surface area contributed by atoms with Gasteiger partial charge in [0.15, 0.2) is 0 Å². The maximum Gasteiger partial charge on any atom is 0.337 e. The van der Waals surface area contributed by atoms with Crippen molar-refractivity contribution in [3.05, 3.63) is 59.9 Å². The van der Waals surface area contributed by atoms with E-state index in [1.807, 2.05) is 0 Å². The van der Waals surface area contributed by atoms with Gasteiger partial charge in [-0.05, 0) is 36.4 Å². The molecular weight excluding hydrogens is 373 g/mol. The Balaban J connectivity index is 1.55. The van der Waals surface area contributed by atoms with Crippen LogP contribution < -0.4 is 5.32 Å². The minimum atomic E-state index is -0.467. The van der Waals surface area contributed by atoms with Crippen molar-refractivity contribution in [2.75, 3.05) is 18.2 Å². The number of anilines is 1. The lowest BCUT2D eigenvalue weighted by atomic mass is 10.2. The quantitative estimate of drug-likeness (QED) is 0.512. The topological polar surface area (TPSA) is 94.3 Å². The van der Waals surface area contributed by atoms with Gasteiger partial charge in [-0.1, -0.05) is 23.9 Å². The second-order valence-electron chi connectivity index (χ2n) is 5.26. The molecule has 1 amide bonds. The van der Waals surface area contributed by atoms with Crippen LogP contribution in [-0.4, -0.2) is 34.9 Å².